The fourth-order valence-corrected chi connectivity index (χ4v) is 9.13. The van der Waals surface area contributed by atoms with E-state index in [0.29, 0.717) is 37.5 Å². The minimum Gasteiger partial charge on any atom is -0.496 e. The van der Waals surface area contributed by atoms with Crippen molar-refractivity contribution in [3.8, 4) is 5.75 Å². The second-order valence-electron chi connectivity index (χ2n) is 14.8. The predicted octanol–water partition coefficient (Wildman–Crippen LogP) is 3.32. The number of carbonyl (C=O) groups excluding carboxylic acids is 3. The van der Waals surface area contributed by atoms with Gasteiger partial charge in [-0.1, -0.05) is 37.5 Å². The molecule has 7 rings (SSSR count). The van der Waals surface area contributed by atoms with E-state index in [0.717, 1.165) is 69.1 Å². The van der Waals surface area contributed by atoms with Gasteiger partial charge in [0.2, 0.25) is 0 Å². The van der Waals surface area contributed by atoms with E-state index in [1.165, 1.54) is 26.1 Å². The first-order chi connectivity index (χ1) is 23.8. The highest BCUT2D eigenvalue weighted by Crippen LogP contribution is 2.54. The van der Waals surface area contributed by atoms with Crippen LogP contribution in [0.15, 0.2) is 52.6 Å². The standard InChI is InChI=1S/C37H48N6O6S/c1-21-18-42(19-22(2)41(21)5)37(46)36(45)38-28-14-10-13-25-31-27(33(31)35(44)39-50(47,48)40(3)4)20-43-29(32(25)28)17-26-30(49-6)16-15-24(34(26)43)23-11-8-7-9-12-23/h10,13,15-17,21-23,28,32H,7-9,11-12,14,18-20H2,1-6H3,(H,38,45)(H,39,44)/t21-,22+,28-,32?/m1/s1. The number of benzene rings is 1. The third kappa shape index (κ3) is 5.86. The molecule has 1 aromatic carbocycles. The molecule has 1 aromatic heterocycles. The molecular formula is C37H48N6O6S. The topological polar surface area (TPSA) is 133 Å². The number of rotatable bonds is 6. The van der Waals surface area contributed by atoms with Crippen LogP contribution in [0.4, 0.5) is 0 Å². The smallest absolute Gasteiger partial charge is 0.311 e. The van der Waals surface area contributed by atoms with Crippen LogP contribution in [0.25, 0.3) is 10.9 Å². The van der Waals surface area contributed by atoms with Crippen LogP contribution < -0.4 is 14.8 Å². The monoisotopic (exact) mass is 704 g/mol. The van der Waals surface area contributed by atoms with E-state index in [4.69, 9.17) is 4.74 Å². The minimum atomic E-state index is -4.02. The molecule has 268 valence electrons. The van der Waals surface area contributed by atoms with Gasteiger partial charge >= 0.3 is 22.0 Å². The summed E-state index contributed by atoms with van der Waals surface area (Å²) >= 11 is 0. The molecule has 12 nitrogen and oxygen atoms in total. The van der Waals surface area contributed by atoms with Crippen molar-refractivity contribution in [2.45, 2.75) is 88.9 Å². The first-order valence-electron chi connectivity index (χ1n) is 17.7. The average molecular weight is 705 g/mol. The van der Waals surface area contributed by atoms with Gasteiger partial charge in [0.05, 0.1) is 18.2 Å². The lowest BCUT2D eigenvalue weighted by Gasteiger charge is -2.42. The van der Waals surface area contributed by atoms with Crippen molar-refractivity contribution in [1.29, 1.82) is 0 Å². The second kappa shape index (κ2) is 13.0. The fourth-order valence-electron chi connectivity index (χ4n) is 8.61. The van der Waals surface area contributed by atoms with Gasteiger partial charge in [0.25, 0.3) is 5.91 Å². The molecule has 1 unspecified atom stereocenters. The zero-order valence-corrected chi connectivity index (χ0v) is 30.6. The summed E-state index contributed by atoms with van der Waals surface area (Å²) in [6.45, 7) is 5.41. The summed E-state index contributed by atoms with van der Waals surface area (Å²) < 4.78 is 36.8. The Morgan fingerprint density at radius 1 is 1.02 bits per heavy atom. The van der Waals surface area contributed by atoms with Crippen LogP contribution in [0.1, 0.15) is 75.5 Å². The third-order valence-corrected chi connectivity index (χ3v) is 13.0. The maximum Gasteiger partial charge on any atom is 0.311 e. The number of amides is 3. The van der Waals surface area contributed by atoms with Crippen molar-refractivity contribution in [3.63, 3.8) is 0 Å². The Labute approximate surface area is 294 Å². The van der Waals surface area contributed by atoms with Crippen LogP contribution >= 0.6 is 0 Å². The summed E-state index contributed by atoms with van der Waals surface area (Å²) in [5.41, 5.74) is 5.94. The van der Waals surface area contributed by atoms with Crippen LogP contribution in [0.3, 0.4) is 0 Å². The Hall–Kier alpha value is -3.94. The van der Waals surface area contributed by atoms with E-state index >= 15 is 0 Å². The zero-order valence-electron chi connectivity index (χ0n) is 29.8. The lowest BCUT2D eigenvalue weighted by atomic mass is 9.81. The molecule has 0 spiro atoms. The SMILES string of the molecule is COc1ccc(C2CCCCC2)c2c1cc1n2CC2=C(C(=O)NS(=O)(=O)N(C)C)C2=C2C=CC[C@@H](NC(=O)C(=O)N3C[C@@H](C)N(C)[C@@H](C)C3)C21. The lowest BCUT2D eigenvalue weighted by molar-refractivity contribution is -0.148. The molecule has 3 aliphatic carbocycles. The molecule has 5 aliphatic rings. The Morgan fingerprint density at radius 3 is 2.38 bits per heavy atom. The third-order valence-electron chi connectivity index (χ3n) is 11.6. The number of hydrogen-bond acceptors (Lipinski definition) is 7. The molecule has 2 N–H and O–H groups in total. The van der Waals surface area contributed by atoms with Gasteiger partial charge in [-0.2, -0.15) is 12.7 Å². The summed E-state index contributed by atoms with van der Waals surface area (Å²) in [5.74, 6) is -1.15. The number of ether oxygens (including phenoxy) is 1. The number of allylic oxidation sites excluding steroid dienone is 2. The van der Waals surface area contributed by atoms with E-state index < -0.39 is 39.9 Å². The molecule has 2 fully saturated rings. The number of aromatic nitrogens is 1. The van der Waals surface area contributed by atoms with Crippen molar-refractivity contribution < 1.29 is 27.5 Å². The van der Waals surface area contributed by atoms with Crippen molar-refractivity contribution in [2.24, 2.45) is 0 Å². The largest absolute Gasteiger partial charge is 0.496 e. The summed E-state index contributed by atoms with van der Waals surface area (Å²) in [5, 5.41) is 4.08. The van der Waals surface area contributed by atoms with Crippen molar-refractivity contribution in [1.82, 2.24) is 28.7 Å². The van der Waals surface area contributed by atoms with E-state index in [9.17, 15) is 22.8 Å². The minimum absolute atomic E-state index is 0.121. The molecule has 0 bridgehead atoms. The maximum atomic E-state index is 13.8. The number of methoxy groups -OCH3 is 1. The second-order valence-corrected chi connectivity index (χ2v) is 16.7. The number of nitrogens with one attached hydrogen (secondary N) is 2. The van der Waals surface area contributed by atoms with Gasteiger partial charge in [-0.15, -0.1) is 0 Å². The molecular weight excluding hydrogens is 657 g/mol. The molecule has 1 saturated carbocycles. The molecule has 0 radical (unpaired) electrons. The predicted molar refractivity (Wildman–Crippen MR) is 191 cm³/mol. The number of piperazine rings is 1. The van der Waals surface area contributed by atoms with Gasteiger partial charge in [0.1, 0.15) is 5.75 Å². The van der Waals surface area contributed by atoms with Crippen molar-refractivity contribution >= 4 is 38.8 Å². The van der Waals surface area contributed by atoms with Crippen LogP contribution in [-0.2, 0) is 31.1 Å². The van der Waals surface area contributed by atoms with E-state index in [1.54, 1.807) is 12.0 Å². The first-order valence-corrected chi connectivity index (χ1v) is 19.2. The highest BCUT2D eigenvalue weighted by molar-refractivity contribution is 7.87. The van der Waals surface area contributed by atoms with E-state index in [2.05, 4.69) is 45.5 Å². The van der Waals surface area contributed by atoms with Crippen LogP contribution in [0.5, 0.6) is 5.75 Å². The van der Waals surface area contributed by atoms with Crippen molar-refractivity contribution in [2.75, 3.05) is 41.3 Å². The fraction of sp³-hybridized carbons (Fsp3) is 0.541. The van der Waals surface area contributed by atoms with Gasteiger partial charge in [-0.3, -0.25) is 19.3 Å². The summed E-state index contributed by atoms with van der Waals surface area (Å²) in [6.07, 6.45) is 10.2. The van der Waals surface area contributed by atoms with Gasteiger partial charge in [0, 0.05) is 68.9 Å². The number of fused-ring (bicyclic) bond motifs is 6. The Kier molecular flexibility index (Phi) is 8.96. The van der Waals surface area contributed by atoms with Crippen LogP contribution in [0.2, 0.25) is 0 Å². The molecule has 4 atom stereocenters. The number of likely N-dealkylation sites (N-methyl/N-ethyl adjacent to an activating group) is 1. The maximum absolute atomic E-state index is 13.8. The number of hydrogen-bond donors (Lipinski definition) is 2. The number of nitrogens with zero attached hydrogens (tertiary/aromatic N) is 4. The number of carbonyl (C=O) groups is 3. The lowest BCUT2D eigenvalue weighted by Crippen LogP contribution is -2.59. The normalized spacial score (nSPS) is 25.6. The van der Waals surface area contributed by atoms with Crippen molar-refractivity contribution in [3.05, 3.63) is 63.9 Å². The molecule has 3 amide bonds. The Balaban J connectivity index is 1.33. The zero-order chi connectivity index (χ0) is 35.6. The first kappa shape index (κ1) is 34.5. The summed E-state index contributed by atoms with van der Waals surface area (Å²) in [6, 6.07) is 6.11. The molecule has 1 saturated heterocycles. The van der Waals surface area contributed by atoms with Crippen LogP contribution in [-0.4, -0.2) is 104 Å². The van der Waals surface area contributed by atoms with Gasteiger partial charge < -0.3 is 19.5 Å². The van der Waals surface area contributed by atoms with E-state index in [1.807, 2.05) is 25.3 Å². The molecule has 2 aromatic rings. The quantitative estimate of drug-likeness (QED) is 0.441. The highest BCUT2D eigenvalue weighted by atomic mass is 32.2. The highest BCUT2D eigenvalue weighted by Gasteiger charge is 2.47. The molecule has 3 heterocycles. The average Bonchev–Trinajstić information content (AvgIpc) is 3.72. The Morgan fingerprint density at radius 2 is 1.72 bits per heavy atom. The Bertz CT molecular complexity index is 1960. The van der Waals surface area contributed by atoms with Gasteiger partial charge in [-0.25, -0.2) is 4.72 Å². The molecule has 50 heavy (non-hydrogen) atoms. The van der Waals surface area contributed by atoms with Gasteiger partial charge in [-0.05, 0) is 80.5 Å². The van der Waals surface area contributed by atoms with Gasteiger partial charge in [0.15, 0.2) is 0 Å². The molecule has 2 aliphatic heterocycles. The summed E-state index contributed by atoms with van der Waals surface area (Å²) in [4.78, 5) is 44.9. The van der Waals surface area contributed by atoms with E-state index in [-0.39, 0.29) is 12.1 Å². The molecule has 13 heteroatoms. The van der Waals surface area contributed by atoms with Crippen LogP contribution in [0, 0.1) is 0 Å². The summed E-state index contributed by atoms with van der Waals surface area (Å²) in [7, 11) is 2.42.